The first-order chi connectivity index (χ1) is 11.1. The maximum atomic E-state index is 13.7. The summed E-state index contributed by atoms with van der Waals surface area (Å²) in [5, 5.41) is 8.82. The van der Waals surface area contributed by atoms with Crippen molar-refractivity contribution in [2.24, 2.45) is 17.3 Å². The van der Waals surface area contributed by atoms with E-state index in [0.717, 1.165) is 0 Å². The fraction of sp³-hybridized carbons (Fsp3) is 0.412. The molecule has 0 N–H and O–H groups in total. The molecule has 0 amide bonds. The van der Waals surface area contributed by atoms with E-state index in [2.05, 4.69) is 15.9 Å². The van der Waals surface area contributed by atoms with Crippen molar-refractivity contribution in [3.63, 3.8) is 0 Å². The molecule has 0 saturated heterocycles. The maximum Gasteiger partial charge on any atom is 0.310 e. The van der Waals surface area contributed by atoms with Gasteiger partial charge < -0.3 is 4.74 Å². The number of carbonyl (C=O) groups is 1. The van der Waals surface area contributed by atoms with Crippen molar-refractivity contribution in [3.8, 4) is 6.07 Å². The molecule has 1 aromatic rings. The number of nitrogens with zero attached hydrogens (tertiary/aromatic N) is 1. The van der Waals surface area contributed by atoms with Crippen LogP contribution in [0, 0.1) is 46.0 Å². The Morgan fingerprint density at radius 1 is 1.42 bits per heavy atom. The van der Waals surface area contributed by atoms with Gasteiger partial charge in [0.25, 0.3) is 0 Å². The van der Waals surface area contributed by atoms with Gasteiger partial charge in [-0.25, -0.2) is 13.2 Å². The lowest BCUT2D eigenvalue weighted by atomic mass is 10.1. The Bertz CT molecular complexity index is 742. The van der Waals surface area contributed by atoms with Gasteiger partial charge in [0.05, 0.1) is 16.5 Å². The Morgan fingerprint density at radius 3 is 2.62 bits per heavy atom. The van der Waals surface area contributed by atoms with E-state index in [1.54, 1.807) is 13.0 Å². The summed E-state index contributed by atoms with van der Waals surface area (Å²) in [7, 11) is 0. The molecule has 1 aromatic carbocycles. The molecule has 0 aromatic heterocycles. The van der Waals surface area contributed by atoms with Crippen LogP contribution in [0.1, 0.15) is 26.3 Å². The van der Waals surface area contributed by atoms with E-state index in [0.29, 0.717) is 11.6 Å². The lowest BCUT2D eigenvalue weighted by Crippen LogP contribution is -2.12. The summed E-state index contributed by atoms with van der Waals surface area (Å²) in [6, 6.07) is 2.41. The average Bonchev–Trinajstić information content (AvgIpc) is 3.05. The minimum Gasteiger partial charge on any atom is -0.460 e. The van der Waals surface area contributed by atoms with E-state index in [1.165, 1.54) is 0 Å². The van der Waals surface area contributed by atoms with Crippen molar-refractivity contribution in [2.75, 3.05) is 0 Å². The van der Waals surface area contributed by atoms with Crippen molar-refractivity contribution in [1.82, 2.24) is 0 Å². The average molecular weight is 402 g/mol. The normalized spacial score (nSPS) is 22.0. The topological polar surface area (TPSA) is 50.1 Å². The molecule has 0 heterocycles. The molecule has 0 spiro atoms. The number of rotatable bonds is 4. The molecule has 24 heavy (non-hydrogen) atoms. The minimum absolute atomic E-state index is 0.165. The van der Waals surface area contributed by atoms with Crippen molar-refractivity contribution in [3.05, 3.63) is 45.2 Å². The van der Waals surface area contributed by atoms with Gasteiger partial charge in [-0.1, -0.05) is 19.9 Å². The van der Waals surface area contributed by atoms with Crippen LogP contribution in [0.15, 0.2) is 22.2 Å². The van der Waals surface area contributed by atoms with Gasteiger partial charge in [0.1, 0.15) is 12.4 Å². The van der Waals surface area contributed by atoms with E-state index in [9.17, 15) is 18.0 Å². The fourth-order valence-electron chi connectivity index (χ4n) is 2.73. The van der Waals surface area contributed by atoms with Crippen molar-refractivity contribution < 1.29 is 22.7 Å². The van der Waals surface area contributed by atoms with Gasteiger partial charge >= 0.3 is 5.97 Å². The summed E-state index contributed by atoms with van der Waals surface area (Å²) >= 11 is 2.83. The number of hydrogen-bond donors (Lipinski definition) is 0. The smallest absolute Gasteiger partial charge is 0.310 e. The molecule has 3 nitrogen and oxygen atoms in total. The SMILES string of the molecule is CC(C#N)=C[C@@H]1[C@@H](C(=O)OCc2c(F)c(F)cc(F)c2Br)C1(C)C. The highest BCUT2D eigenvalue weighted by atomic mass is 79.9. The summed E-state index contributed by atoms with van der Waals surface area (Å²) < 4.78 is 45.2. The van der Waals surface area contributed by atoms with Gasteiger partial charge in [-0.3, -0.25) is 4.79 Å². The maximum absolute atomic E-state index is 13.7. The van der Waals surface area contributed by atoms with Crippen LogP contribution in [-0.4, -0.2) is 5.97 Å². The molecule has 2 rings (SSSR count). The number of nitriles is 1. The molecular weight excluding hydrogens is 387 g/mol. The van der Waals surface area contributed by atoms with E-state index in [-0.39, 0.29) is 16.0 Å². The van der Waals surface area contributed by atoms with Gasteiger partial charge in [-0.05, 0) is 34.2 Å². The molecule has 1 saturated carbocycles. The van der Waals surface area contributed by atoms with Crippen molar-refractivity contribution in [2.45, 2.75) is 27.4 Å². The molecule has 2 atom stereocenters. The summed E-state index contributed by atoms with van der Waals surface area (Å²) in [6.45, 7) is 4.76. The molecule has 0 bridgehead atoms. The highest BCUT2D eigenvalue weighted by Gasteiger charge is 2.61. The van der Waals surface area contributed by atoms with Crippen LogP contribution < -0.4 is 0 Å². The molecular formula is C17H15BrF3NO2. The summed E-state index contributed by atoms with van der Waals surface area (Å²) in [5.41, 5.74) is -0.290. The first-order valence-electron chi connectivity index (χ1n) is 7.18. The molecule has 1 aliphatic rings. The van der Waals surface area contributed by atoms with Crippen molar-refractivity contribution >= 4 is 21.9 Å². The molecule has 7 heteroatoms. The fourth-order valence-corrected chi connectivity index (χ4v) is 3.13. The van der Waals surface area contributed by atoms with Gasteiger partial charge in [-0.15, -0.1) is 0 Å². The number of hydrogen-bond acceptors (Lipinski definition) is 3. The Labute approximate surface area is 146 Å². The van der Waals surface area contributed by atoms with Gasteiger partial charge in [-0.2, -0.15) is 5.26 Å². The van der Waals surface area contributed by atoms with Crippen LogP contribution in [0.5, 0.6) is 0 Å². The van der Waals surface area contributed by atoms with Crippen LogP contribution >= 0.6 is 15.9 Å². The third kappa shape index (κ3) is 3.34. The Morgan fingerprint density at radius 2 is 2.04 bits per heavy atom. The van der Waals surface area contributed by atoms with Crippen LogP contribution in [0.4, 0.5) is 13.2 Å². The zero-order chi connectivity index (χ0) is 18.2. The number of halogens is 4. The summed E-state index contributed by atoms with van der Waals surface area (Å²) in [5.74, 6) is -4.83. The van der Waals surface area contributed by atoms with Crippen LogP contribution in [0.3, 0.4) is 0 Å². The zero-order valence-electron chi connectivity index (χ0n) is 13.3. The monoisotopic (exact) mass is 401 g/mol. The van der Waals surface area contributed by atoms with E-state index < -0.39 is 41.4 Å². The van der Waals surface area contributed by atoms with E-state index in [1.807, 2.05) is 19.9 Å². The quantitative estimate of drug-likeness (QED) is 0.419. The van der Waals surface area contributed by atoms with Crippen LogP contribution in [0.2, 0.25) is 0 Å². The number of esters is 1. The highest BCUT2D eigenvalue weighted by Crippen LogP contribution is 2.59. The van der Waals surface area contributed by atoms with Crippen LogP contribution in [-0.2, 0) is 16.1 Å². The summed E-state index contributed by atoms with van der Waals surface area (Å²) in [4.78, 5) is 12.2. The van der Waals surface area contributed by atoms with E-state index in [4.69, 9.17) is 10.00 Å². The predicted octanol–water partition coefficient (Wildman–Crippen LogP) is 4.65. The van der Waals surface area contributed by atoms with Gasteiger partial charge in [0.2, 0.25) is 0 Å². The highest BCUT2D eigenvalue weighted by molar-refractivity contribution is 9.10. The molecule has 0 aliphatic heterocycles. The largest absolute Gasteiger partial charge is 0.460 e. The predicted molar refractivity (Wildman–Crippen MR) is 83.9 cm³/mol. The first-order valence-corrected chi connectivity index (χ1v) is 7.97. The second-order valence-electron chi connectivity index (χ2n) is 6.34. The molecule has 0 unspecified atom stereocenters. The molecule has 1 fully saturated rings. The third-order valence-corrected chi connectivity index (χ3v) is 5.19. The number of allylic oxidation sites excluding steroid dienone is 2. The standard InChI is InChI=1S/C17H15BrF3NO2/c1-8(6-22)4-10-13(17(10,2)3)16(23)24-7-9-14(18)11(19)5-12(20)15(9)21/h4-5,10,13H,7H2,1-3H3/t10-,13+/m1/s1. The zero-order valence-corrected chi connectivity index (χ0v) is 14.9. The number of benzene rings is 1. The lowest BCUT2D eigenvalue weighted by Gasteiger charge is -2.10. The Hall–Kier alpha value is -1.81. The molecule has 0 radical (unpaired) electrons. The second kappa shape index (κ2) is 6.60. The molecule has 128 valence electrons. The summed E-state index contributed by atoms with van der Waals surface area (Å²) in [6.07, 6.45) is 1.70. The second-order valence-corrected chi connectivity index (χ2v) is 7.13. The lowest BCUT2D eigenvalue weighted by molar-refractivity contribution is -0.147. The van der Waals surface area contributed by atoms with Crippen LogP contribution in [0.25, 0.3) is 0 Å². The minimum atomic E-state index is -1.35. The van der Waals surface area contributed by atoms with Crippen molar-refractivity contribution in [1.29, 1.82) is 5.26 Å². The van der Waals surface area contributed by atoms with Gasteiger partial charge in [0, 0.05) is 17.2 Å². The van der Waals surface area contributed by atoms with Gasteiger partial charge in [0.15, 0.2) is 11.6 Å². The number of ether oxygens (including phenoxy) is 1. The Balaban J connectivity index is 2.12. The number of carbonyl (C=O) groups excluding carboxylic acids is 1. The Kier molecular flexibility index (Phi) is 5.09. The first kappa shape index (κ1) is 18.5. The van der Waals surface area contributed by atoms with E-state index >= 15 is 0 Å². The molecule has 1 aliphatic carbocycles. The third-order valence-electron chi connectivity index (χ3n) is 4.33.